The molecule has 0 bridgehead atoms. The molecule has 9 nitrogen and oxygen atoms in total. The lowest BCUT2D eigenvalue weighted by Crippen LogP contribution is -2.53. The lowest BCUT2D eigenvalue weighted by atomic mass is 10.0. The molecule has 10 heteroatoms. The van der Waals surface area contributed by atoms with Crippen molar-refractivity contribution in [1.29, 1.82) is 0 Å². The second-order valence-electron chi connectivity index (χ2n) is 8.42. The van der Waals surface area contributed by atoms with Gasteiger partial charge in [0.05, 0.1) is 6.54 Å². The van der Waals surface area contributed by atoms with Gasteiger partial charge in [0.25, 0.3) is 0 Å². The molecule has 0 radical (unpaired) electrons. The Bertz CT molecular complexity index is 939. The van der Waals surface area contributed by atoms with Crippen molar-refractivity contribution >= 4 is 27.8 Å². The van der Waals surface area contributed by atoms with Crippen LogP contribution < -0.4 is 11.1 Å². The summed E-state index contributed by atoms with van der Waals surface area (Å²) < 4.78 is 29.3. The number of ketones is 1. The second-order valence-corrected chi connectivity index (χ2v) is 10.2. The number of nitrogens with one attached hydrogen (secondary N) is 1. The minimum atomic E-state index is -4.25. The van der Waals surface area contributed by atoms with Crippen LogP contribution in [-0.4, -0.2) is 53.3 Å². The van der Waals surface area contributed by atoms with E-state index in [4.69, 9.17) is 5.73 Å². The molecular formula is C21H30N4O5S. The van der Waals surface area contributed by atoms with E-state index >= 15 is 0 Å². The maximum absolute atomic E-state index is 13.6. The van der Waals surface area contributed by atoms with Crippen LogP contribution in [0.3, 0.4) is 0 Å². The zero-order chi connectivity index (χ0) is 22.8. The standard InChI is InChI=1S/C21H30N4O5S/c1-14(21(22)28)7-10-20(27)25(18-9-8-15(2)23-11-19(18)26)31(29,30)24-12-16-5-3-4-6-17(16)13-24/h3-6,14-15,18,23H,7-13H2,1-2H3,(H2,22,28)/t14-,15+,18-/m0/s1. The fourth-order valence-electron chi connectivity index (χ4n) is 3.96. The molecule has 0 aliphatic carbocycles. The van der Waals surface area contributed by atoms with Crippen molar-refractivity contribution in [2.75, 3.05) is 6.54 Å². The number of carbonyl (C=O) groups is 3. The summed E-state index contributed by atoms with van der Waals surface area (Å²) in [6.07, 6.45) is 0.755. The summed E-state index contributed by atoms with van der Waals surface area (Å²) >= 11 is 0. The van der Waals surface area contributed by atoms with E-state index in [1.54, 1.807) is 6.92 Å². The van der Waals surface area contributed by atoms with Gasteiger partial charge in [0.1, 0.15) is 6.04 Å². The van der Waals surface area contributed by atoms with E-state index in [2.05, 4.69) is 5.32 Å². The highest BCUT2D eigenvalue weighted by Crippen LogP contribution is 2.29. The number of Topliss-reactive ketones (excluding diaryl/α,β-unsaturated/α-hetero) is 1. The van der Waals surface area contributed by atoms with Crippen LogP contribution in [-0.2, 0) is 37.7 Å². The molecule has 1 aromatic rings. The largest absolute Gasteiger partial charge is 0.369 e. The van der Waals surface area contributed by atoms with E-state index in [9.17, 15) is 22.8 Å². The first-order valence-electron chi connectivity index (χ1n) is 10.6. The van der Waals surface area contributed by atoms with E-state index in [1.165, 1.54) is 4.31 Å². The Kier molecular flexibility index (Phi) is 7.13. The lowest BCUT2D eigenvalue weighted by Gasteiger charge is -2.32. The summed E-state index contributed by atoms with van der Waals surface area (Å²) in [6, 6.07) is 6.36. The molecule has 0 unspecified atom stereocenters. The predicted molar refractivity (Wildman–Crippen MR) is 115 cm³/mol. The average Bonchev–Trinajstić information content (AvgIpc) is 3.11. The van der Waals surface area contributed by atoms with Gasteiger partial charge in [-0.3, -0.25) is 14.4 Å². The summed E-state index contributed by atoms with van der Waals surface area (Å²) in [6.45, 7) is 3.81. The van der Waals surface area contributed by atoms with Crippen LogP contribution in [0.4, 0.5) is 0 Å². The third kappa shape index (κ3) is 5.13. The monoisotopic (exact) mass is 450 g/mol. The highest BCUT2D eigenvalue weighted by atomic mass is 32.2. The van der Waals surface area contributed by atoms with Gasteiger partial charge in [0, 0.05) is 31.5 Å². The smallest absolute Gasteiger partial charge is 0.307 e. The van der Waals surface area contributed by atoms with Crippen LogP contribution in [0.2, 0.25) is 0 Å². The summed E-state index contributed by atoms with van der Waals surface area (Å²) in [5.41, 5.74) is 7.04. The van der Waals surface area contributed by atoms with Crippen molar-refractivity contribution in [2.24, 2.45) is 11.7 Å². The summed E-state index contributed by atoms with van der Waals surface area (Å²) in [7, 11) is -4.25. The van der Waals surface area contributed by atoms with E-state index in [0.29, 0.717) is 6.42 Å². The van der Waals surface area contributed by atoms with Crippen LogP contribution in [0.5, 0.6) is 0 Å². The van der Waals surface area contributed by atoms with Crippen LogP contribution in [0.15, 0.2) is 24.3 Å². The second kappa shape index (κ2) is 9.46. The lowest BCUT2D eigenvalue weighted by molar-refractivity contribution is -0.134. The molecule has 2 aliphatic heterocycles. The number of primary amides is 1. The Labute approximate surface area is 183 Å². The van der Waals surface area contributed by atoms with Crippen LogP contribution in [0.1, 0.15) is 50.7 Å². The number of benzene rings is 1. The fourth-order valence-corrected chi connectivity index (χ4v) is 5.70. The number of hydrogen-bond donors (Lipinski definition) is 2. The Morgan fingerprint density at radius 1 is 1.23 bits per heavy atom. The Morgan fingerprint density at radius 2 is 1.84 bits per heavy atom. The molecule has 3 N–H and O–H groups in total. The van der Waals surface area contributed by atoms with E-state index in [-0.39, 0.29) is 50.7 Å². The molecule has 1 saturated heterocycles. The minimum absolute atomic E-state index is 0.00302. The molecule has 2 heterocycles. The zero-order valence-corrected chi connectivity index (χ0v) is 18.7. The highest BCUT2D eigenvalue weighted by molar-refractivity contribution is 7.87. The first-order chi connectivity index (χ1) is 14.6. The Balaban J connectivity index is 1.90. The molecule has 1 fully saturated rings. The topological polar surface area (TPSA) is 130 Å². The van der Waals surface area contributed by atoms with Crippen molar-refractivity contribution < 1.29 is 22.8 Å². The number of carbonyl (C=O) groups excluding carboxylic acids is 3. The Morgan fingerprint density at radius 3 is 2.42 bits per heavy atom. The number of rotatable bonds is 7. The summed E-state index contributed by atoms with van der Waals surface area (Å²) in [5, 5.41) is 3.06. The van der Waals surface area contributed by atoms with Crippen molar-refractivity contribution in [3.8, 4) is 0 Å². The molecule has 2 amide bonds. The highest BCUT2D eigenvalue weighted by Gasteiger charge is 2.43. The molecule has 3 rings (SSSR count). The van der Waals surface area contributed by atoms with Gasteiger partial charge in [0.15, 0.2) is 5.78 Å². The van der Waals surface area contributed by atoms with Gasteiger partial charge in [-0.05, 0) is 37.3 Å². The van der Waals surface area contributed by atoms with Crippen molar-refractivity contribution in [3.05, 3.63) is 35.4 Å². The number of amides is 2. The van der Waals surface area contributed by atoms with Gasteiger partial charge in [-0.2, -0.15) is 12.7 Å². The number of fused-ring (bicyclic) bond motifs is 1. The molecule has 31 heavy (non-hydrogen) atoms. The van der Waals surface area contributed by atoms with Crippen LogP contribution >= 0.6 is 0 Å². The van der Waals surface area contributed by atoms with Crippen molar-refractivity contribution in [2.45, 2.75) is 64.7 Å². The third-order valence-corrected chi connectivity index (χ3v) is 7.93. The summed E-state index contributed by atoms with van der Waals surface area (Å²) in [4.78, 5) is 37.4. The first-order valence-corrected chi connectivity index (χ1v) is 12.0. The first kappa shape index (κ1) is 23.4. The van der Waals surface area contributed by atoms with E-state index < -0.39 is 34.0 Å². The zero-order valence-electron chi connectivity index (χ0n) is 17.9. The average molecular weight is 451 g/mol. The van der Waals surface area contributed by atoms with Gasteiger partial charge in [0.2, 0.25) is 11.8 Å². The van der Waals surface area contributed by atoms with Gasteiger partial charge in [-0.1, -0.05) is 31.2 Å². The number of nitrogens with zero attached hydrogens (tertiary/aromatic N) is 2. The Hall–Kier alpha value is -2.30. The third-order valence-electron chi connectivity index (χ3n) is 6.06. The number of nitrogens with two attached hydrogens (primary N) is 1. The molecule has 0 aromatic heterocycles. The molecular weight excluding hydrogens is 420 g/mol. The molecule has 0 saturated carbocycles. The van der Waals surface area contributed by atoms with Gasteiger partial charge in [-0.25, -0.2) is 4.31 Å². The molecule has 1 aromatic carbocycles. The molecule has 170 valence electrons. The SMILES string of the molecule is C[C@@H]1CC[C@H](N(C(=O)CC[C@H](C)C(N)=O)S(=O)(=O)N2Cc3ccccc3C2)C(=O)CN1. The van der Waals surface area contributed by atoms with Crippen LogP contribution in [0.25, 0.3) is 0 Å². The maximum atomic E-state index is 13.6. The predicted octanol–water partition coefficient (Wildman–Crippen LogP) is 0.687. The normalized spacial score (nSPS) is 23.1. The minimum Gasteiger partial charge on any atom is -0.369 e. The van der Waals surface area contributed by atoms with Crippen molar-refractivity contribution in [1.82, 2.24) is 13.9 Å². The van der Waals surface area contributed by atoms with Gasteiger partial charge in [-0.15, -0.1) is 0 Å². The fraction of sp³-hybridized carbons (Fsp3) is 0.571. The molecule has 3 atom stereocenters. The van der Waals surface area contributed by atoms with E-state index in [0.717, 1.165) is 15.4 Å². The van der Waals surface area contributed by atoms with Crippen LogP contribution in [0, 0.1) is 5.92 Å². The van der Waals surface area contributed by atoms with Gasteiger partial charge >= 0.3 is 10.2 Å². The quantitative estimate of drug-likeness (QED) is 0.629. The maximum Gasteiger partial charge on any atom is 0.307 e. The molecule has 2 aliphatic rings. The summed E-state index contributed by atoms with van der Waals surface area (Å²) in [5.74, 6) is -2.14. The van der Waals surface area contributed by atoms with Gasteiger partial charge < -0.3 is 11.1 Å². The van der Waals surface area contributed by atoms with E-state index in [1.807, 2.05) is 31.2 Å². The van der Waals surface area contributed by atoms with Crippen molar-refractivity contribution in [3.63, 3.8) is 0 Å². The molecule has 0 spiro atoms. The number of hydrogen-bond acceptors (Lipinski definition) is 6.